The summed E-state index contributed by atoms with van der Waals surface area (Å²) in [7, 11) is 0. The molecule has 5 heteroatoms. The van der Waals surface area contributed by atoms with Crippen LogP contribution in [0.5, 0.6) is 0 Å². The van der Waals surface area contributed by atoms with Gasteiger partial charge in [0.05, 0.1) is 0 Å². The minimum atomic E-state index is -0.811. The number of primary amides is 1. The van der Waals surface area contributed by atoms with Crippen molar-refractivity contribution in [1.29, 1.82) is 5.41 Å². The Hall–Kier alpha value is -1.55. The average Bonchev–Trinajstić information content (AvgIpc) is 2.03. The van der Waals surface area contributed by atoms with Gasteiger partial charge in [-0.1, -0.05) is 11.6 Å². The molecule has 5 N–H and O–H groups in total. The summed E-state index contributed by atoms with van der Waals surface area (Å²) in [5.41, 5.74) is 10.7. The van der Waals surface area contributed by atoms with Gasteiger partial charge in [0.15, 0.2) is 0 Å². The number of nitrogens with two attached hydrogens (primary N) is 2. The number of anilines is 1. The number of hydrogen-bond acceptors (Lipinski definition) is 3. The second-order valence-electron chi connectivity index (χ2n) is 2.47. The highest BCUT2D eigenvalue weighted by molar-refractivity contribution is 6.44. The molecule has 0 aromatic heterocycles. The van der Waals surface area contributed by atoms with Gasteiger partial charge in [-0.25, -0.2) is 0 Å². The Morgan fingerprint density at radius 1 is 1.46 bits per heavy atom. The summed E-state index contributed by atoms with van der Waals surface area (Å²) >= 11 is 5.63. The van der Waals surface area contributed by atoms with E-state index in [9.17, 15) is 4.79 Å². The Labute approximate surface area is 80.0 Å². The molecule has 0 aliphatic heterocycles. The molecule has 1 aromatic carbocycles. The van der Waals surface area contributed by atoms with Crippen LogP contribution in [0.2, 0.25) is 5.02 Å². The first-order chi connectivity index (χ1) is 6.02. The van der Waals surface area contributed by atoms with Crippen molar-refractivity contribution in [2.75, 3.05) is 5.73 Å². The van der Waals surface area contributed by atoms with E-state index in [2.05, 4.69) is 0 Å². The quantitative estimate of drug-likeness (QED) is 0.483. The summed E-state index contributed by atoms with van der Waals surface area (Å²) in [5.74, 6) is -0.811. The van der Waals surface area contributed by atoms with Gasteiger partial charge in [0.25, 0.3) is 5.91 Å². The van der Waals surface area contributed by atoms with Crippen LogP contribution >= 0.6 is 11.6 Å². The number of benzene rings is 1. The fraction of sp³-hybridized carbons (Fsp3) is 0. The van der Waals surface area contributed by atoms with Gasteiger partial charge in [0.2, 0.25) is 0 Å². The van der Waals surface area contributed by atoms with E-state index in [1.165, 1.54) is 12.1 Å². The lowest BCUT2D eigenvalue weighted by Crippen LogP contribution is -2.24. The molecule has 0 atom stereocenters. The monoisotopic (exact) mass is 197 g/mol. The summed E-state index contributed by atoms with van der Waals surface area (Å²) < 4.78 is 0. The lowest BCUT2D eigenvalue weighted by molar-refractivity contribution is -0.112. The van der Waals surface area contributed by atoms with Crippen LogP contribution in [0.25, 0.3) is 0 Å². The lowest BCUT2D eigenvalue weighted by Gasteiger charge is -2.03. The average molecular weight is 198 g/mol. The number of amides is 1. The first kappa shape index (κ1) is 9.54. The fourth-order valence-corrected chi connectivity index (χ4v) is 1.07. The molecule has 0 unspecified atom stereocenters. The van der Waals surface area contributed by atoms with Crippen LogP contribution in [-0.2, 0) is 4.79 Å². The standard InChI is InChI=1S/C8H8ClN3O/c9-4-1-2-5(6(10)3-4)7(11)8(12)13/h1-3,11H,10H2,(H2,12,13). The van der Waals surface area contributed by atoms with Gasteiger partial charge in [-0.15, -0.1) is 0 Å². The van der Waals surface area contributed by atoms with Gasteiger partial charge < -0.3 is 11.5 Å². The number of rotatable bonds is 2. The highest BCUT2D eigenvalue weighted by atomic mass is 35.5. The third kappa shape index (κ3) is 1.97. The molecule has 68 valence electrons. The molecule has 0 bridgehead atoms. The Balaban J connectivity index is 3.16. The predicted molar refractivity (Wildman–Crippen MR) is 51.9 cm³/mol. The number of nitrogens with one attached hydrogen (secondary N) is 1. The Bertz CT molecular complexity index is 376. The van der Waals surface area contributed by atoms with E-state index in [1.54, 1.807) is 6.07 Å². The maximum absolute atomic E-state index is 10.6. The molecule has 0 aliphatic rings. The molecule has 0 saturated carbocycles. The maximum atomic E-state index is 10.6. The summed E-state index contributed by atoms with van der Waals surface area (Å²) in [4.78, 5) is 10.6. The number of carbonyl (C=O) groups excluding carboxylic acids is 1. The molecular formula is C8H8ClN3O. The topological polar surface area (TPSA) is 93.0 Å². The molecule has 1 amide bonds. The molecule has 0 radical (unpaired) electrons. The Morgan fingerprint density at radius 3 is 2.54 bits per heavy atom. The second kappa shape index (κ2) is 3.45. The molecule has 4 nitrogen and oxygen atoms in total. The van der Waals surface area contributed by atoms with Crippen LogP contribution in [0.1, 0.15) is 5.56 Å². The highest BCUT2D eigenvalue weighted by Crippen LogP contribution is 2.18. The molecule has 0 aliphatic carbocycles. The molecule has 0 heterocycles. The minimum Gasteiger partial charge on any atom is -0.398 e. The zero-order chi connectivity index (χ0) is 10.0. The van der Waals surface area contributed by atoms with Crippen molar-refractivity contribution in [3.63, 3.8) is 0 Å². The lowest BCUT2D eigenvalue weighted by atomic mass is 10.1. The van der Waals surface area contributed by atoms with Crippen molar-refractivity contribution in [1.82, 2.24) is 0 Å². The molecule has 0 fully saturated rings. The fourth-order valence-electron chi connectivity index (χ4n) is 0.894. The van der Waals surface area contributed by atoms with E-state index < -0.39 is 5.91 Å². The van der Waals surface area contributed by atoms with Crippen molar-refractivity contribution in [2.45, 2.75) is 0 Å². The van der Waals surface area contributed by atoms with Gasteiger partial charge in [0, 0.05) is 16.3 Å². The van der Waals surface area contributed by atoms with Crippen molar-refractivity contribution >= 4 is 28.9 Å². The number of hydrogen-bond donors (Lipinski definition) is 3. The van der Waals surface area contributed by atoms with Crippen molar-refractivity contribution in [2.24, 2.45) is 5.73 Å². The van der Waals surface area contributed by atoms with E-state index in [1.807, 2.05) is 0 Å². The van der Waals surface area contributed by atoms with Gasteiger partial charge in [-0.05, 0) is 18.2 Å². The largest absolute Gasteiger partial charge is 0.398 e. The van der Waals surface area contributed by atoms with E-state index in [-0.39, 0.29) is 11.4 Å². The van der Waals surface area contributed by atoms with Gasteiger partial charge in [-0.3, -0.25) is 10.2 Å². The molecule has 1 aromatic rings. The first-order valence-electron chi connectivity index (χ1n) is 3.46. The molecule has 0 saturated heterocycles. The zero-order valence-electron chi connectivity index (χ0n) is 6.67. The smallest absolute Gasteiger partial charge is 0.267 e. The van der Waals surface area contributed by atoms with Crippen LogP contribution in [0, 0.1) is 5.41 Å². The molecular weight excluding hydrogens is 190 g/mol. The third-order valence-electron chi connectivity index (χ3n) is 1.53. The highest BCUT2D eigenvalue weighted by Gasteiger charge is 2.10. The molecule has 1 rings (SSSR count). The van der Waals surface area contributed by atoms with Crippen molar-refractivity contribution < 1.29 is 4.79 Å². The Morgan fingerprint density at radius 2 is 2.08 bits per heavy atom. The van der Waals surface area contributed by atoms with Gasteiger partial charge in [-0.2, -0.15) is 0 Å². The summed E-state index contributed by atoms with van der Waals surface area (Å²) in [6, 6.07) is 4.50. The van der Waals surface area contributed by atoms with E-state index in [4.69, 9.17) is 28.5 Å². The van der Waals surface area contributed by atoms with Crippen LogP contribution in [0.4, 0.5) is 5.69 Å². The number of nitrogen functional groups attached to an aromatic ring is 1. The van der Waals surface area contributed by atoms with Crippen LogP contribution in [-0.4, -0.2) is 11.6 Å². The summed E-state index contributed by atoms with van der Waals surface area (Å²) in [6.45, 7) is 0. The minimum absolute atomic E-state index is 0.274. The number of carbonyl (C=O) groups is 1. The zero-order valence-corrected chi connectivity index (χ0v) is 7.43. The van der Waals surface area contributed by atoms with E-state index in [0.29, 0.717) is 10.6 Å². The maximum Gasteiger partial charge on any atom is 0.267 e. The molecule has 0 spiro atoms. The molecule has 13 heavy (non-hydrogen) atoms. The SMILES string of the molecule is N=C(C(N)=O)c1ccc(Cl)cc1N. The van der Waals surface area contributed by atoms with Crippen LogP contribution < -0.4 is 11.5 Å². The predicted octanol–water partition coefficient (Wildman–Crippen LogP) is 0.775. The van der Waals surface area contributed by atoms with Crippen LogP contribution in [0.15, 0.2) is 18.2 Å². The van der Waals surface area contributed by atoms with Gasteiger partial charge >= 0.3 is 0 Å². The summed E-state index contributed by atoms with van der Waals surface area (Å²) in [6.07, 6.45) is 0. The van der Waals surface area contributed by atoms with Crippen LogP contribution in [0.3, 0.4) is 0 Å². The third-order valence-corrected chi connectivity index (χ3v) is 1.76. The first-order valence-corrected chi connectivity index (χ1v) is 3.84. The van der Waals surface area contributed by atoms with E-state index in [0.717, 1.165) is 0 Å². The van der Waals surface area contributed by atoms with Crippen molar-refractivity contribution in [3.05, 3.63) is 28.8 Å². The van der Waals surface area contributed by atoms with E-state index >= 15 is 0 Å². The van der Waals surface area contributed by atoms with Crippen molar-refractivity contribution in [3.8, 4) is 0 Å². The Kier molecular flexibility index (Phi) is 2.53. The number of halogens is 1. The second-order valence-corrected chi connectivity index (χ2v) is 2.91. The summed E-state index contributed by atoms with van der Waals surface area (Å²) in [5, 5.41) is 7.76. The van der Waals surface area contributed by atoms with Gasteiger partial charge in [0.1, 0.15) is 5.71 Å². The normalized spacial score (nSPS) is 9.62.